The molecule has 5 atom stereocenters. The van der Waals surface area contributed by atoms with Gasteiger partial charge in [0.05, 0.1) is 36.8 Å². The number of carbonyl (C=O) groups is 3. The third-order valence-corrected chi connectivity index (χ3v) is 5.31. The second-order valence-electron chi connectivity index (χ2n) is 7.39. The Bertz CT molecular complexity index is 645. The number of aliphatic hydroxyl groups excluding tert-OH is 1. The van der Waals surface area contributed by atoms with E-state index in [0.29, 0.717) is 18.6 Å². The Labute approximate surface area is 165 Å². The molecule has 2 unspecified atom stereocenters. The van der Waals surface area contributed by atoms with Crippen LogP contribution in [0.3, 0.4) is 0 Å². The van der Waals surface area contributed by atoms with Gasteiger partial charge in [0.2, 0.25) is 5.91 Å². The van der Waals surface area contributed by atoms with E-state index in [2.05, 4.69) is 11.9 Å². The standard InChI is InChI=1S/C20H30N2O6/c1-5-8-28-20(26)22-14(6-7-15(22)11-27-4)9-12(2)17(24)10-16-18(13(3)23)19(25)21-16/h5,9,13-16,18,23H,1,6-8,10-11H2,2-4H3,(H,21,25)/t13-,14?,15?,16-,18-/m1/s1. The van der Waals surface area contributed by atoms with Gasteiger partial charge in [0, 0.05) is 13.5 Å². The molecule has 0 bridgehead atoms. The Kier molecular flexibility index (Phi) is 7.77. The van der Waals surface area contributed by atoms with Crippen molar-refractivity contribution in [2.24, 2.45) is 5.92 Å². The van der Waals surface area contributed by atoms with Crippen molar-refractivity contribution in [2.75, 3.05) is 20.3 Å². The van der Waals surface area contributed by atoms with Crippen LogP contribution in [0.5, 0.6) is 0 Å². The topological polar surface area (TPSA) is 105 Å². The number of Topliss-reactive ketones (excluding diaryl/α,β-unsaturated/α-hetero) is 1. The van der Waals surface area contributed by atoms with Gasteiger partial charge < -0.3 is 19.9 Å². The predicted molar refractivity (Wildman–Crippen MR) is 103 cm³/mol. The summed E-state index contributed by atoms with van der Waals surface area (Å²) in [6.07, 6.45) is 3.62. The molecule has 8 nitrogen and oxygen atoms in total. The van der Waals surface area contributed by atoms with Crippen LogP contribution in [0, 0.1) is 5.92 Å². The molecule has 2 aliphatic heterocycles. The maximum absolute atomic E-state index is 12.6. The van der Waals surface area contributed by atoms with Crippen LogP contribution in [0.2, 0.25) is 0 Å². The minimum atomic E-state index is -0.796. The molecule has 2 saturated heterocycles. The highest BCUT2D eigenvalue weighted by Gasteiger charge is 2.43. The smallest absolute Gasteiger partial charge is 0.410 e. The predicted octanol–water partition coefficient (Wildman–Crippen LogP) is 1.19. The number of nitrogens with zero attached hydrogens (tertiary/aromatic N) is 1. The van der Waals surface area contributed by atoms with Gasteiger partial charge in [-0.1, -0.05) is 18.7 Å². The number of hydrogen-bond acceptors (Lipinski definition) is 6. The first kappa shape index (κ1) is 22.1. The van der Waals surface area contributed by atoms with Crippen molar-refractivity contribution in [1.29, 1.82) is 0 Å². The summed E-state index contributed by atoms with van der Waals surface area (Å²) in [5.41, 5.74) is 0.523. The highest BCUT2D eigenvalue weighted by atomic mass is 16.6. The van der Waals surface area contributed by atoms with Gasteiger partial charge in [-0.15, -0.1) is 0 Å². The fourth-order valence-corrected chi connectivity index (χ4v) is 3.85. The second-order valence-corrected chi connectivity index (χ2v) is 7.39. The summed E-state index contributed by atoms with van der Waals surface area (Å²) < 4.78 is 10.4. The van der Waals surface area contributed by atoms with Crippen LogP contribution in [0.15, 0.2) is 24.3 Å². The molecule has 0 aromatic rings. The fourth-order valence-electron chi connectivity index (χ4n) is 3.85. The summed E-state index contributed by atoms with van der Waals surface area (Å²) in [6.45, 7) is 7.31. The van der Waals surface area contributed by atoms with Crippen LogP contribution in [-0.4, -0.2) is 72.3 Å². The molecule has 0 aromatic carbocycles. The van der Waals surface area contributed by atoms with Crippen molar-refractivity contribution < 1.29 is 29.0 Å². The average molecular weight is 394 g/mol. The Morgan fingerprint density at radius 3 is 2.71 bits per heavy atom. The van der Waals surface area contributed by atoms with Crippen LogP contribution in [-0.2, 0) is 19.1 Å². The molecule has 0 aliphatic carbocycles. The molecular weight excluding hydrogens is 364 g/mol. The zero-order valence-electron chi connectivity index (χ0n) is 16.7. The van der Waals surface area contributed by atoms with Gasteiger partial charge in [-0.2, -0.15) is 0 Å². The molecule has 8 heteroatoms. The first-order chi connectivity index (χ1) is 13.3. The molecule has 2 aliphatic rings. The van der Waals surface area contributed by atoms with Crippen LogP contribution in [0.25, 0.3) is 0 Å². The molecule has 2 rings (SSSR count). The van der Waals surface area contributed by atoms with Crippen molar-refractivity contribution in [3.63, 3.8) is 0 Å². The average Bonchev–Trinajstić information content (AvgIpc) is 3.00. The normalized spacial score (nSPS) is 28.4. The fraction of sp³-hybridized carbons (Fsp3) is 0.650. The lowest BCUT2D eigenvalue weighted by atomic mass is 9.82. The van der Waals surface area contributed by atoms with Gasteiger partial charge in [-0.25, -0.2) is 4.79 Å². The van der Waals surface area contributed by atoms with Crippen LogP contribution in [0.4, 0.5) is 4.79 Å². The highest BCUT2D eigenvalue weighted by Crippen LogP contribution is 2.28. The summed E-state index contributed by atoms with van der Waals surface area (Å²) >= 11 is 0. The Morgan fingerprint density at radius 1 is 1.43 bits per heavy atom. The van der Waals surface area contributed by atoms with Gasteiger partial charge in [-0.05, 0) is 32.3 Å². The molecule has 0 spiro atoms. The molecule has 0 saturated carbocycles. The minimum Gasteiger partial charge on any atom is -0.445 e. The van der Waals surface area contributed by atoms with Crippen LogP contribution >= 0.6 is 0 Å². The number of ketones is 1. The van der Waals surface area contributed by atoms with E-state index in [4.69, 9.17) is 9.47 Å². The lowest BCUT2D eigenvalue weighted by molar-refractivity contribution is -0.141. The van der Waals surface area contributed by atoms with Crippen molar-refractivity contribution in [3.05, 3.63) is 24.3 Å². The van der Waals surface area contributed by atoms with E-state index in [1.165, 1.54) is 6.08 Å². The number of likely N-dealkylation sites (tertiary alicyclic amines) is 1. The molecule has 0 aromatic heterocycles. The molecule has 2 amide bonds. The lowest BCUT2D eigenvalue weighted by Gasteiger charge is -2.38. The monoisotopic (exact) mass is 394 g/mol. The second kappa shape index (κ2) is 9.84. The highest BCUT2D eigenvalue weighted by molar-refractivity contribution is 5.97. The summed E-state index contributed by atoms with van der Waals surface area (Å²) in [5, 5.41) is 12.3. The van der Waals surface area contributed by atoms with E-state index in [9.17, 15) is 19.5 Å². The summed E-state index contributed by atoms with van der Waals surface area (Å²) in [7, 11) is 1.58. The number of ether oxygens (including phenoxy) is 2. The van der Waals surface area contributed by atoms with E-state index < -0.39 is 18.1 Å². The van der Waals surface area contributed by atoms with E-state index >= 15 is 0 Å². The van der Waals surface area contributed by atoms with Crippen molar-refractivity contribution >= 4 is 17.8 Å². The maximum atomic E-state index is 12.6. The van der Waals surface area contributed by atoms with Crippen molar-refractivity contribution in [2.45, 2.75) is 57.3 Å². The summed E-state index contributed by atoms with van der Waals surface area (Å²) in [4.78, 5) is 38.2. The van der Waals surface area contributed by atoms with Gasteiger partial charge >= 0.3 is 6.09 Å². The van der Waals surface area contributed by atoms with Crippen LogP contribution in [0.1, 0.15) is 33.1 Å². The summed E-state index contributed by atoms with van der Waals surface area (Å²) in [5.74, 6) is -0.909. The summed E-state index contributed by atoms with van der Waals surface area (Å²) in [6, 6.07) is -0.733. The SMILES string of the molecule is C=CCOC(=O)N1C(C=C(C)C(=O)C[C@H]2NC(=O)[C@@H]2[C@@H](C)O)CCC1COC. The first-order valence-electron chi connectivity index (χ1n) is 9.55. The third-order valence-electron chi connectivity index (χ3n) is 5.31. The van der Waals surface area contributed by atoms with Crippen LogP contribution < -0.4 is 5.32 Å². The zero-order chi connectivity index (χ0) is 20.8. The number of methoxy groups -OCH3 is 1. The molecule has 156 valence electrons. The Balaban J connectivity index is 2.05. The number of allylic oxidation sites excluding steroid dienone is 1. The number of aliphatic hydroxyl groups is 1. The van der Waals surface area contributed by atoms with E-state index in [0.717, 1.165) is 6.42 Å². The Hall–Kier alpha value is -2.19. The lowest BCUT2D eigenvalue weighted by Crippen LogP contribution is -2.62. The zero-order valence-corrected chi connectivity index (χ0v) is 16.7. The molecule has 2 heterocycles. The number of hydrogen-bond donors (Lipinski definition) is 2. The molecule has 0 radical (unpaired) electrons. The number of nitrogens with one attached hydrogen (secondary N) is 1. The minimum absolute atomic E-state index is 0.114. The largest absolute Gasteiger partial charge is 0.445 e. The van der Waals surface area contributed by atoms with E-state index in [1.54, 1.807) is 31.9 Å². The maximum Gasteiger partial charge on any atom is 0.410 e. The van der Waals surface area contributed by atoms with E-state index in [-0.39, 0.29) is 42.8 Å². The van der Waals surface area contributed by atoms with Crippen molar-refractivity contribution in [3.8, 4) is 0 Å². The molecule has 28 heavy (non-hydrogen) atoms. The quantitative estimate of drug-likeness (QED) is 0.346. The molecular formula is C20H30N2O6. The van der Waals surface area contributed by atoms with Gasteiger partial charge in [0.15, 0.2) is 5.78 Å². The number of carbonyl (C=O) groups excluding carboxylic acids is 3. The number of β-lactam (4-membered cyclic amide) rings is 1. The third kappa shape index (κ3) is 4.99. The van der Waals surface area contributed by atoms with Gasteiger partial charge in [-0.3, -0.25) is 14.5 Å². The van der Waals surface area contributed by atoms with E-state index in [1.807, 2.05) is 0 Å². The molecule has 2 fully saturated rings. The molecule has 2 N–H and O–H groups in total. The number of amides is 2. The van der Waals surface area contributed by atoms with Gasteiger partial charge in [0.25, 0.3) is 0 Å². The van der Waals surface area contributed by atoms with Gasteiger partial charge in [0.1, 0.15) is 6.61 Å². The Morgan fingerprint density at radius 2 is 2.14 bits per heavy atom. The van der Waals surface area contributed by atoms with Crippen molar-refractivity contribution in [1.82, 2.24) is 10.2 Å². The number of rotatable bonds is 9. The first-order valence-corrected chi connectivity index (χ1v) is 9.55.